The third-order valence-corrected chi connectivity index (χ3v) is 3.47. The van der Waals surface area contributed by atoms with Gasteiger partial charge < -0.3 is 15.7 Å². The predicted octanol–water partition coefficient (Wildman–Crippen LogP) is 1.13. The largest absolute Gasteiger partial charge is 0.481 e. The number of aliphatic carboxylic acids is 1. The molecule has 1 saturated heterocycles. The van der Waals surface area contributed by atoms with Crippen LogP contribution >= 0.6 is 0 Å². The number of likely N-dealkylation sites (tertiary alicyclic amines) is 1. The maximum atomic E-state index is 12.0. The zero-order valence-electron chi connectivity index (χ0n) is 10.7. The average Bonchev–Trinajstić information content (AvgIpc) is 2.86. The molecule has 3 N–H and O–H groups in total. The van der Waals surface area contributed by atoms with E-state index in [9.17, 15) is 9.59 Å². The number of amides is 1. The lowest BCUT2D eigenvalue weighted by atomic mass is 10.1. The minimum Gasteiger partial charge on any atom is -0.481 e. The van der Waals surface area contributed by atoms with Crippen LogP contribution in [0.2, 0.25) is 0 Å². The number of nitrogens with two attached hydrogens (primary N) is 1. The van der Waals surface area contributed by atoms with Crippen molar-refractivity contribution < 1.29 is 14.7 Å². The van der Waals surface area contributed by atoms with Gasteiger partial charge in [0.15, 0.2) is 0 Å². The monoisotopic (exact) mass is 262 g/mol. The van der Waals surface area contributed by atoms with Crippen molar-refractivity contribution >= 4 is 17.6 Å². The number of benzene rings is 1. The molecule has 0 spiro atoms. The summed E-state index contributed by atoms with van der Waals surface area (Å²) in [6.07, 6.45) is 1.59. The Kier molecular flexibility index (Phi) is 4.04. The van der Waals surface area contributed by atoms with Gasteiger partial charge in [0.1, 0.15) is 0 Å². The van der Waals surface area contributed by atoms with Crippen molar-refractivity contribution in [3.05, 3.63) is 29.8 Å². The van der Waals surface area contributed by atoms with Crippen molar-refractivity contribution in [1.82, 2.24) is 4.90 Å². The summed E-state index contributed by atoms with van der Waals surface area (Å²) in [6, 6.07) is 7.47. The third-order valence-electron chi connectivity index (χ3n) is 3.47. The summed E-state index contributed by atoms with van der Waals surface area (Å²) in [7, 11) is 0. The van der Waals surface area contributed by atoms with Crippen molar-refractivity contribution in [3.63, 3.8) is 0 Å². The molecule has 1 aliphatic rings. The number of carbonyl (C=O) groups excluding carboxylic acids is 1. The number of hydrogen-bond donors (Lipinski definition) is 2. The van der Waals surface area contributed by atoms with Gasteiger partial charge in [0.25, 0.3) is 0 Å². The van der Waals surface area contributed by atoms with Crippen molar-refractivity contribution in [3.8, 4) is 0 Å². The molecule has 0 radical (unpaired) electrons. The Morgan fingerprint density at radius 1 is 1.42 bits per heavy atom. The van der Waals surface area contributed by atoms with Gasteiger partial charge in [0.2, 0.25) is 5.91 Å². The Hall–Kier alpha value is -2.04. The first-order valence-electron chi connectivity index (χ1n) is 6.41. The highest BCUT2D eigenvalue weighted by Crippen LogP contribution is 2.18. The molecule has 0 saturated carbocycles. The molecule has 5 nitrogen and oxygen atoms in total. The van der Waals surface area contributed by atoms with E-state index in [0.29, 0.717) is 38.0 Å². The summed E-state index contributed by atoms with van der Waals surface area (Å²) >= 11 is 0. The van der Waals surface area contributed by atoms with Gasteiger partial charge >= 0.3 is 5.97 Å². The van der Waals surface area contributed by atoms with Crippen molar-refractivity contribution in [2.75, 3.05) is 18.8 Å². The Bertz CT molecular complexity index is 487. The summed E-state index contributed by atoms with van der Waals surface area (Å²) in [4.78, 5) is 24.5. The van der Waals surface area contributed by atoms with Crippen LogP contribution in [0.1, 0.15) is 18.4 Å². The third kappa shape index (κ3) is 3.47. The first kappa shape index (κ1) is 13.4. The van der Waals surface area contributed by atoms with Crippen LogP contribution < -0.4 is 5.73 Å². The zero-order valence-corrected chi connectivity index (χ0v) is 10.7. The molecule has 1 aliphatic heterocycles. The lowest BCUT2D eigenvalue weighted by molar-refractivity contribution is -0.141. The molecular weight excluding hydrogens is 244 g/mol. The molecule has 1 amide bonds. The van der Waals surface area contributed by atoms with Crippen LogP contribution in [0.4, 0.5) is 5.69 Å². The number of rotatable bonds is 4. The Balaban J connectivity index is 1.84. The topological polar surface area (TPSA) is 83.6 Å². The fourth-order valence-electron chi connectivity index (χ4n) is 2.35. The zero-order chi connectivity index (χ0) is 13.8. The normalized spacial score (nSPS) is 18.5. The van der Waals surface area contributed by atoms with Crippen molar-refractivity contribution in [1.29, 1.82) is 0 Å². The van der Waals surface area contributed by atoms with Gasteiger partial charge in [-0.25, -0.2) is 0 Å². The van der Waals surface area contributed by atoms with Gasteiger partial charge in [-0.1, -0.05) is 12.1 Å². The molecule has 0 aromatic heterocycles. The van der Waals surface area contributed by atoms with E-state index in [2.05, 4.69) is 0 Å². The lowest BCUT2D eigenvalue weighted by Gasteiger charge is -2.15. The SMILES string of the molecule is Nc1cccc(CCC(=O)N2CCC(C(=O)O)C2)c1. The summed E-state index contributed by atoms with van der Waals surface area (Å²) in [5.74, 6) is -1.20. The highest BCUT2D eigenvalue weighted by atomic mass is 16.4. The lowest BCUT2D eigenvalue weighted by Crippen LogP contribution is -2.30. The van der Waals surface area contributed by atoms with Crippen LogP contribution in [0.15, 0.2) is 24.3 Å². The average molecular weight is 262 g/mol. The van der Waals surface area contributed by atoms with E-state index in [0.717, 1.165) is 5.56 Å². The van der Waals surface area contributed by atoms with Gasteiger partial charge in [0, 0.05) is 25.2 Å². The summed E-state index contributed by atoms with van der Waals surface area (Å²) in [6.45, 7) is 0.887. The Morgan fingerprint density at radius 3 is 2.84 bits per heavy atom. The molecular formula is C14H18N2O3. The second-order valence-corrected chi connectivity index (χ2v) is 4.91. The first-order chi connectivity index (χ1) is 9.06. The van der Waals surface area contributed by atoms with Gasteiger partial charge in [-0.05, 0) is 30.5 Å². The Morgan fingerprint density at radius 2 is 2.21 bits per heavy atom. The number of hydrogen-bond acceptors (Lipinski definition) is 3. The van der Waals surface area contributed by atoms with E-state index in [-0.39, 0.29) is 5.91 Å². The van der Waals surface area contributed by atoms with E-state index in [4.69, 9.17) is 10.8 Å². The van der Waals surface area contributed by atoms with Crippen LogP contribution in [0.3, 0.4) is 0 Å². The van der Waals surface area contributed by atoms with Gasteiger partial charge in [-0.3, -0.25) is 9.59 Å². The van der Waals surface area contributed by atoms with Crippen molar-refractivity contribution in [2.24, 2.45) is 5.92 Å². The molecule has 1 unspecified atom stereocenters. The molecule has 1 heterocycles. The van der Waals surface area contributed by atoms with Crippen LogP contribution in [0.25, 0.3) is 0 Å². The number of carboxylic acids is 1. The maximum Gasteiger partial charge on any atom is 0.308 e. The molecule has 5 heteroatoms. The quantitative estimate of drug-likeness (QED) is 0.797. The molecule has 0 bridgehead atoms. The van der Waals surface area contributed by atoms with Crippen LogP contribution in [-0.4, -0.2) is 35.0 Å². The van der Waals surface area contributed by atoms with Crippen LogP contribution in [0, 0.1) is 5.92 Å². The number of aryl methyl sites for hydroxylation is 1. The second kappa shape index (κ2) is 5.73. The summed E-state index contributed by atoms with van der Waals surface area (Å²) in [5.41, 5.74) is 7.40. The minimum absolute atomic E-state index is 0.0196. The van der Waals surface area contributed by atoms with E-state index in [1.165, 1.54) is 0 Å². The fraction of sp³-hybridized carbons (Fsp3) is 0.429. The molecule has 1 aromatic rings. The van der Waals surface area contributed by atoms with E-state index in [1.807, 2.05) is 24.3 Å². The van der Waals surface area contributed by atoms with Crippen molar-refractivity contribution in [2.45, 2.75) is 19.3 Å². The van der Waals surface area contributed by atoms with Gasteiger partial charge in [-0.15, -0.1) is 0 Å². The van der Waals surface area contributed by atoms with Gasteiger partial charge in [0.05, 0.1) is 5.92 Å². The number of nitrogen functional groups attached to an aromatic ring is 1. The summed E-state index contributed by atoms with van der Waals surface area (Å²) < 4.78 is 0. The predicted molar refractivity (Wildman–Crippen MR) is 71.5 cm³/mol. The Labute approximate surface area is 112 Å². The molecule has 102 valence electrons. The van der Waals surface area contributed by atoms with Gasteiger partial charge in [-0.2, -0.15) is 0 Å². The van der Waals surface area contributed by atoms with Crippen LogP contribution in [-0.2, 0) is 16.0 Å². The molecule has 1 atom stereocenters. The molecule has 1 aromatic carbocycles. The second-order valence-electron chi connectivity index (χ2n) is 4.91. The number of carbonyl (C=O) groups is 2. The number of nitrogens with zero attached hydrogens (tertiary/aromatic N) is 1. The molecule has 1 fully saturated rings. The fourth-order valence-corrected chi connectivity index (χ4v) is 2.35. The molecule has 0 aliphatic carbocycles. The van der Waals surface area contributed by atoms with E-state index >= 15 is 0 Å². The number of carboxylic acid groups (broad SMARTS) is 1. The van der Waals surface area contributed by atoms with Crippen LogP contribution in [0.5, 0.6) is 0 Å². The maximum absolute atomic E-state index is 12.0. The highest BCUT2D eigenvalue weighted by Gasteiger charge is 2.30. The highest BCUT2D eigenvalue weighted by molar-refractivity contribution is 5.79. The molecule has 19 heavy (non-hydrogen) atoms. The van der Waals surface area contributed by atoms with E-state index < -0.39 is 11.9 Å². The minimum atomic E-state index is -0.814. The van der Waals surface area contributed by atoms with E-state index in [1.54, 1.807) is 4.90 Å². The summed E-state index contributed by atoms with van der Waals surface area (Å²) in [5, 5.41) is 8.90. The number of anilines is 1. The smallest absolute Gasteiger partial charge is 0.308 e. The standard InChI is InChI=1S/C14H18N2O3/c15-12-3-1-2-10(8-12)4-5-13(17)16-7-6-11(9-16)14(18)19/h1-3,8,11H,4-7,9,15H2,(H,18,19). The first-order valence-corrected chi connectivity index (χ1v) is 6.41. The molecule has 2 rings (SSSR count).